The lowest BCUT2D eigenvalue weighted by atomic mass is 10.1. The molecule has 3 rings (SSSR count). The van der Waals surface area contributed by atoms with E-state index in [9.17, 15) is 10.1 Å². The summed E-state index contributed by atoms with van der Waals surface area (Å²) >= 11 is 0. The lowest BCUT2D eigenvalue weighted by molar-refractivity contribution is -0.117. The molecular weight excluding hydrogens is 414 g/mol. The first-order valence-electron chi connectivity index (χ1n) is 10.9. The van der Waals surface area contributed by atoms with Crippen molar-refractivity contribution in [1.82, 2.24) is 14.9 Å². The molecule has 2 N–H and O–H groups in total. The summed E-state index contributed by atoms with van der Waals surface area (Å²) in [6.07, 6.45) is 5.08. The number of aryl methyl sites for hydroxylation is 1. The fourth-order valence-corrected chi connectivity index (χ4v) is 3.60. The Morgan fingerprint density at radius 1 is 1.15 bits per heavy atom. The van der Waals surface area contributed by atoms with Crippen LogP contribution in [0.5, 0.6) is 5.75 Å². The highest BCUT2D eigenvalue weighted by Crippen LogP contribution is 2.24. The van der Waals surface area contributed by atoms with Gasteiger partial charge < -0.3 is 19.9 Å². The largest absolute Gasteiger partial charge is 0.497 e. The number of carbonyl (C=O) groups excluding carboxylic acids is 1. The van der Waals surface area contributed by atoms with E-state index in [0.29, 0.717) is 6.54 Å². The van der Waals surface area contributed by atoms with Crippen LogP contribution in [-0.4, -0.2) is 35.7 Å². The number of unbranched alkanes of at least 4 members (excludes halogenated alkanes) is 1. The minimum absolute atomic E-state index is 0.0941. The van der Waals surface area contributed by atoms with E-state index in [2.05, 4.69) is 20.2 Å². The number of amides is 1. The van der Waals surface area contributed by atoms with Crippen LogP contribution in [-0.2, 0) is 4.79 Å². The first-order chi connectivity index (χ1) is 16.0. The van der Waals surface area contributed by atoms with Crippen LogP contribution in [0.3, 0.4) is 0 Å². The number of nitrogens with one attached hydrogen (secondary N) is 2. The molecule has 0 spiro atoms. The predicted molar refractivity (Wildman–Crippen MR) is 130 cm³/mol. The highest BCUT2D eigenvalue weighted by atomic mass is 16.5. The monoisotopic (exact) mass is 443 g/mol. The number of benzene rings is 1. The first kappa shape index (κ1) is 23.6. The Morgan fingerprint density at radius 3 is 2.58 bits per heavy atom. The van der Waals surface area contributed by atoms with Crippen molar-refractivity contribution in [3.05, 3.63) is 77.3 Å². The average molecular weight is 444 g/mol. The molecule has 0 bridgehead atoms. The van der Waals surface area contributed by atoms with Crippen molar-refractivity contribution in [3.8, 4) is 17.5 Å². The minimum Gasteiger partial charge on any atom is -0.497 e. The number of hydrogen-bond donors (Lipinski definition) is 2. The van der Waals surface area contributed by atoms with Gasteiger partial charge in [-0.2, -0.15) is 5.26 Å². The van der Waals surface area contributed by atoms with Gasteiger partial charge in [-0.25, -0.2) is 4.98 Å². The van der Waals surface area contributed by atoms with E-state index >= 15 is 0 Å². The Kier molecular flexibility index (Phi) is 8.25. The minimum atomic E-state index is -0.357. The number of carbonyl (C=O) groups is 1. The first-order valence-corrected chi connectivity index (χ1v) is 10.9. The smallest absolute Gasteiger partial charge is 0.261 e. The molecule has 0 radical (unpaired) electrons. The number of anilines is 1. The molecule has 0 atom stereocenters. The molecule has 0 fully saturated rings. The number of ether oxygens (including phenoxy) is 1. The molecule has 170 valence electrons. The number of pyridine rings is 1. The molecule has 0 aliphatic carbocycles. The number of nitrogens with zero attached hydrogens (tertiary/aromatic N) is 3. The van der Waals surface area contributed by atoms with Crippen molar-refractivity contribution in [1.29, 1.82) is 5.26 Å². The molecule has 0 aliphatic rings. The summed E-state index contributed by atoms with van der Waals surface area (Å²) in [5.74, 6) is 1.27. The van der Waals surface area contributed by atoms with E-state index in [4.69, 9.17) is 4.74 Å². The molecule has 3 aromatic rings. The molecule has 33 heavy (non-hydrogen) atoms. The number of nitriles is 1. The topological polar surface area (TPSA) is 92.0 Å². The summed E-state index contributed by atoms with van der Waals surface area (Å²) in [6, 6.07) is 17.5. The van der Waals surface area contributed by atoms with Crippen molar-refractivity contribution < 1.29 is 9.53 Å². The standard InChI is InChI=1S/C26H29N5O2/c1-19-16-21(20(2)31(19)23-9-11-24(33-3)12-10-23)17-22(18-27)26(32)30-15-7-6-14-29-25-8-4-5-13-28-25/h4-5,8-13,16-17H,6-7,14-15H2,1-3H3,(H,28,29)(H,30,32)/b22-17-. The molecule has 0 aliphatic heterocycles. The maximum atomic E-state index is 12.5. The summed E-state index contributed by atoms with van der Waals surface area (Å²) < 4.78 is 7.32. The quantitative estimate of drug-likeness (QED) is 0.275. The Labute approximate surface area is 194 Å². The molecule has 1 amide bonds. The van der Waals surface area contributed by atoms with E-state index in [1.165, 1.54) is 0 Å². The van der Waals surface area contributed by atoms with Crippen LogP contribution in [0, 0.1) is 25.2 Å². The van der Waals surface area contributed by atoms with E-state index in [1.807, 2.05) is 68.4 Å². The van der Waals surface area contributed by atoms with Crippen molar-refractivity contribution in [3.63, 3.8) is 0 Å². The average Bonchev–Trinajstić information content (AvgIpc) is 3.12. The zero-order chi connectivity index (χ0) is 23.6. The highest BCUT2D eigenvalue weighted by Gasteiger charge is 2.13. The van der Waals surface area contributed by atoms with Crippen molar-refractivity contribution in [2.75, 3.05) is 25.5 Å². The van der Waals surface area contributed by atoms with Crippen molar-refractivity contribution in [2.45, 2.75) is 26.7 Å². The number of hydrogen-bond acceptors (Lipinski definition) is 5. The van der Waals surface area contributed by atoms with Crippen LogP contribution in [0.1, 0.15) is 29.8 Å². The van der Waals surface area contributed by atoms with E-state index in [-0.39, 0.29) is 11.5 Å². The third kappa shape index (κ3) is 6.23. The van der Waals surface area contributed by atoms with Gasteiger partial charge in [-0.05, 0) is 80.8 Å². The zero-order valence-corrected chi connectivity index (χ0v) is 19.3. The van der Waals surface area contributed by atoms with Crippen molar-refractivity contribution >= 4 is 17.8 Å². The second-order valence-electron chi connectivity index (χ2n) is 7.63. The van der Waals surface area contributed by atoms with Gasteiger partial charge >= 0.3 is 0 Å². The van der Waals surface area contributed by atoms with Gasteiger partial charge in [0, 0.05) is 36.4 Å². The van der Waals surface area contributed by atoms with Gasteiger partial charge in [0.05, 0.1) is 7.11 Å². The lowest BCUT2D eigenvalue weighted by Crippen LogP contribution is -2.25. The van der Waals surface area contributed by atoms with Gasteiger partial charge in [-0.1, -0.05) is 6.07 Å². The summed E-state index contributed by atoms with van der Waals surface area (Å²) in [5, 5.41) is 15.6. The van der Waals surface area contributed by atoms with Gasteiger partial charge in [0.25, 0.3) is 5.91 Å². The SMILES string of the molecule is COc1ccc(-n2c(C)cc(/C=C(/C#N)C(=O)NCCCCNc3ccccn3)c2C)cc1. The maximum absolute atomic E-state index is 12.5. The van der Waals surface area contributed by atoms with Gasteiger partial charge in [0.2, 0.25) is 0 Å². The molecular formula is C26H29N5O2. The summed E-state index contributed by atoms with van der Waals surface area (Å²) in [4.78, 5) is 16.7. The number of methoxy groups -OCH3 is 1. The van der Waals surface area contributed by atoms with Crippen LogP contribution in [0.2, 0.25) is 0 Å². The molecule has 0 unspecified atom stereocenters. The number of aromatic nitrogens is 2. The van der Waals surface area contributed by atoms with Crippen LogP contribution >= 0.6 is 0 Å². The van der Waals surface area contributed by atoms with Crippen LogP contribution in [0.15, 0.2) is 60.3 Å². The third-order valence-corrected chi connectivity index (χ3v) is 5.33. The number of rotatable bonds is 10. The van der Waals surface area contributed by atoms with Gasteiger partial charge in [-0.3, -0.25) is 4.79 Å². The summed E-state index contributed by atoms with van der Waals surface area (Å²) in [5.41, 5.74) is 3.90. The molecule has 7 nitrogen and oxygen atoms in total. The van der Waals surface area contributed by atoms with Crippen LogP contribution < -0.4 is 15.4 Å². The second-order valence-corrected chi connectivity index (χ2v) is 7.63. The molecule has 0 saturated heterocycles. The molecule has 2 aromatic heterocycles. The fraction of sp³-hybridized carbons (Fsp3) is 0.269. The Hall–Kier alpha value is -4.05. The Morgan fingerprint density at radius 2 is 1.91 bits per heavy atom. The van der Waals surface area contributed by atoms with Crippen LogP contribution in [0.25, 0.3) is 11.8 Å². The lowest BCUT2D eigenvalue weighted by Gasteiger charge is -2.10. The van der Waals surface area contributed by atoms with Crippen molar-refractivity contribution in [2.24, 2.45) is 0 Å². The Balaban J connectivity index is 1.58. The van der Waals surface area contributed by atoms with Gasteiger partial charge in [0.1, 0.15) is 23.2 Å². The highest BCUT2D eigenvalue weighted by molar-refractivity contribution is 6.01. The summed E-state index contributed by atoms with van der Waals surface area (Å²) in [6.45, 7) is 5.25. The molecule has 0 saturated carbocycles. The maximum Gasteiger partial charge on any atom is 0.261 e. The van der Waals surface area contributed by atoms with E-state index in [1.54, 1.807) is 19.4 Å². The van der Waals surface area contributed by atoms with E-state index in [0.717, 1.165) is 53.6 Å². The summed E-state index contributed by atoms with van der Waals surface area (Å²) in [7, 11) is 1.64. The predicted octanol–water partition coefficient (Wildman–Crippen LogP) is 4.41. The fourth-order valence-electron chi connectivity index (χ4n) is 3.60. The van der Waals surface area contributed by atoms with Gasteiger partial charge in [0.15, 0.2) is 0 Å². The van der Waals surface area contributed by atoms with Crippen LogP contribution in [0.4, 0.5) is 5.82 Å². The molecule has 2 heterocycles. The Bertz CT molecular complexity index is 1140. The zero-order valence-electron chi connectivity index (χ0n) is 19.3. The van der Waals surface area contributed by atoms with Gasteiger partial charge in [-0.15, -0.1) is 0 Å². The normalized spacial score (nSPS) is 11.0. The third-order valence-electron chi connectivity index (χ3n) is 5.33. The van der Waals surface area contributed by atoms with E-state index < -0.39 is 0 Å². The molecule has 1 aromatic carbocycles. The second kappa shape index (κ2) is 11.5. The molecule has 7 heteroatoms.